The first-order valence-electron chi connectivity index (χ1n) is 8.38. The molecule has 2 aromatic carbocycles. The van der Waals surface area contributed by atoms with E-state index in [0.29, 0.717) is 17.1 Å². The van der Waals surface area contributed by atoms with E-state index in [2.05, 4.69) is 10.4 Å². The Morgan fingerprint density at radius 3 is 2.52 bits per heavy atom. The second-order valence-corrected chi connectivity index (χ2v) is 8.26. The number of anilines is 1. The van der Waals surface area contributed by atoms with E-state index in [1.807, 2.05) is 0 Å². The van der Waals surface area contributed by atoms with Gasteiger partial charge in [-0.1, -0.05) is 17.7 Å². The zero-order valence-electron chi connectivity index (χ0n) is 15.3. The van der Waals surface area contributed by atoms with Crippen molar-refractivity contribution >= 4 is 33.2 Å². The number of aromatic nitrogens is 2. The summed E-state index contributed by atoms with van der Waals surface area (Å²) in [5.41, 5.74) is -1.44. The van der Waals surface area contributed by atoms with E-state index < -0.39 is 44.8 Å². The van der Waals surface area contributed by atoms with Crippen molar-refractivity contribution in [3.05, 3.63) is 70.8 Å². The van der Waals surface area contributed by atoms with Gasteiger partial charge in [0.05, 0.1) is 23.9 Å². The third-order valence-electron chi connectivity index (χ3n) is 4.11. The summed E-state index contributed by atoms with van der Waals surface area (Å²) >= 11 is 5.88. The van der Waals surface area contributed by atoms with Crippen LogP contribution >= 0.6 is 11.6 Å². The number of hydrogen-bond donors (Lipinski definition) is 2. The smallest absolute Gasteiger partial charge is 0.326 e. The van der Waals surface area contributed by atoms with E-state index >= 15 is 0 Å². The molecule has 0 atom stereocenters. The number of nitrogens with zero attached hydrogens (tertiary/aromatic N) is 2. The van der Waals surface area contributed by atoms with E-state index in [-0.39, 0.29) is 22.0 Å². The average Bonchev–Trinajstić information content (AvgIpc) is 3.14. The minimum atomic E-state index is -4.68. The summed E-state index contributed by atoms with van der Waals surface area (Å²) in [5, 5.41) is 11.1. The molecule has 3 rings (SSSR count). The molecule has 31 heavy (non-hydrogen) atoms. The zero-order chi connectivity index (χ0) is 23.0. The van der Waals surface area contributed by atoms with Gasteiger partial charge >= 0.3 is 6.18 Å². The monoisotopic (exact) mass is 476 g/mol. The lowest BCUT2D eigenvalue weighted by atomic mass is 10.1. The van der Waals surface area contributed by atoms with Crippen molar-refractivity contribution in [3.8, 4) is 5.69 Å². The second-order valence-electron chi connectivity index (χ2n) is 6.32. The van der Waals surface area contributed by atoms with Crippen molar-refractivity contribution in [1.82, 2.24) is 9.78 Å². The van der Waals surface area contributed by atoms with Crippen LogP contribution in [0.2, 0.25) is 5.02 Å². The molecular weight excluding hydrogens is 464 g/mol. The Labute approximate surface area is 178 Å². The van der Waals surface area contributed by atoms with Crippen LogP contribution in [0, 0.1) is 5.82 Å². The van der Waals surface area contributed by atoms with Gasteiger partial charge in [-0.2, -0.15) is 18.3 Å². The maximum absolute atomic E-state index is 13.8. The number of halogens is 5. The Kier molecular flexibility index (Phi) is 6.07. The molecule has 1 heterocycles. The molecule has 0 radical (unpaired) electrons. The van der Waals surface area contributed by atoms with Crippen molar-refractivity contribution in [2.45, 2.75) is 17.5 Å². The minimum Gasteiger partial charge on any atom is -0.326 e. The number of carbonyl (C=O) groups is 1. The largest absolute Gasteiger partial charge is 0.419 e. The van der Waals surface area contributed by atoms with Gasteiger partial charge in [-0.3, -0.25) is 4.79 Å². The SMILES string of the molecule is NS(=O)(=O)c1cc(NC(=O)Cc2c(F)cccc2Cl)ccc1-n1cc(C(F)(F)F)cn1. The fourth-order valence-electron chi connectivity index (χ4n) is 2.68. The van der Waals surface area contributed by atoms with Crippen molar-refractivity contribution in [3.63, 3.8) is 0 Å². The van der Waals surface area contributed by atoms with Gasteiger partial charge in [0, 0.05) is 22.5 Å². The van der Waals surface area contributed by atoms with Crippen molar-refractivity contribution in [2.75, 3.05) is 5.32 Å². The van der Waals surface area contributed by atoms with Crippen LogP contribution in [0.1, 0.15) is 11.1 Å². The van der Waals surface area contributed by atoms with Gasteiger partial charge in [0.25, 0.3) is 0 Å². The third-order valence-corrected chi connectivity index (χ3v) is 5.40. The quantitative estimate of drug-likeness (QED) is 0.549. The molecule has 0 aliphatic heterocycles. The molecule has 3 aromatic rings. The summed E-state index contributed by atoms with van der Waals surface area (Å²) in [4.78, 5) is 11.7. The number of alkyl halides is 3. The first-order valence-corrected chi connectivity index (χ1v) is 10.3. The highest BCUT2D eigenvalue weighted by Gasteiger charge is 2.32. The molecule has 13 heteroatoms. The Bertz CT molecular complexity index is 1240. The maximum Gasteiger partial charge on any atom is 0.419 e. The van der Waals surface area contributed by atoms with Crippen molar-refractivity contribution in [2.24, 2.45) is 5.14 Å². The molecule has 0 aliphatic rings. The fourth-order valence-corrected chi connectivity index (χ4v) is 3.65. The van der Waals surface area contributed by atoms with Crippen LogP contribution in [0.15, 0.2) is 53.7 Å². The molecule has 0 fully saturated rings. The lowest BCUT2D eigenvalue weighted by Crippen LogP contribution is -2.18. The first-order chi connectivity index (χ1) is 14.4. The molecule has 3 N–H and O–H groups in total. The van der Waals surface area contributed by atoms with Gasteiger partial charge in [0.2, 0.25) is 15.9 Å². The van der Waals surface area contributed by atoms with Gasteiger partial charge in [-0.15, -0.1) is 0 Å². The van der Waals surface area contributed by atoms with Crippen molar-refractivity contribution < 1.29 is 30.8 Å². The number of carbonyl (C=O) groups excluding carboxylic acids is 1. The number of sulfonamides is 1. The summed E-state index contributed by atoms with van der Waals surface area (Å²) in [6, 6.07) is 7.22. The molecule has 7 nitrogen and oxygen atoms in total. The summed E-state index contributed by atoms with van der Waals surface area (Å²) < 4.78 is 77.0. The number of nitrogens with one attached hydrogen (secondary N) is 1. The molecule has 0 saturated carbocycles. The highest BCUT2D eigenvalue weighted by atomic mass is 35.5. The zero-order valence-corrected chi connectivity index (χ0v) is 16.9. The van der Waals surface area contributed by atoms with Crippen LogP contribution in [0.25, 0.3) is 5.69 Å². The highest BCUT2D eigenvalue weighted by molar-refractivity contribution is 7.89. The van der Waals surface area contributed by atoms with E-state index in [4.69, 9.17) is 16.7 Å². The van der Waals surface area contributed by atoms with Crippen molar-refractivity contribution in [1.29, 1.82) is 0 Å². The Balaban J connectivity index is 1.92. The average molecular weight is 477 g/mol. The van der Waals surface area contributed by atoms with Gasteiger partial charge in [-0.25, -0.2) is 22.6 Å². The number of benzene rings is 2. The molecular formula is C18H13ClF4N4O3S. The summed E-state index contributed by atoms with van der Waals surface area (Å²) in [5.74, 6) is -1.40. The molecule has 0 bridgehead atoms. The second kappa shape index (κ2) is 8.29. The van der Waals surface area contributed by atoms with Gasteiger partial charge in [0.15, 0.2) is 0 Å². The number of nitrogens with two attached hydrogens (primary N) is 1. The Hall–Kier alpha value is -2.96. The fraction of sp³-hybridized carbons (Fsp3) is 0.111. The first kappa shape index (κ1) is 22.7. The van der Waals surface area contributed by atoms with Crippen LogP contribution in [0.4, 0.5) is 23.2 Å². The third kappa shape index (κ3) is 5.21. The molecule has 1 aromatic heterocycles. The van der Waals surface area contributed by atoms with Gasteiger partial charge in [-0.05, 0) is 30.3 Å². The summed E-state index contributed by atoms with van der Waals surface area (Å²) in [7, 11) is -4.41. The molecule has 0 unspecified atom stereocenters. The topological polar surface area (TPSA) is 107 Å². The number of amides is 1. The van der Waals surface area contributed by atoms with Crippen LogP contribution in [-0.4, -0.2) is 24.1 Å². The predicted octanol–water partition coefficient (Wildman–Crippen LogP) is 3.51. The van der Waals surface area contributed by atoms with E-state index in [0.717, 1.165) is 18.2 Å². The van der Waals surface area contributed by atoms with Crippen LogP contribution in [-0.2, 0) is 27.4 Å². The molecule has 0 saturated heterocycles. The number of hydrogen-bond acceptors (Lipinski definition) is 4. The Morgan fingerprint density at radius 1 is 1.23 bits per heavy atom. The summed E-state index contributed by atoms with van der Waals surface area (Å²) in [6.45, 7) is 0. The van der Waals surface area contributed by atoms with Crippen LogP contribution in [0.5, 0.6) is 0 Å². The van der Waals surface area contributed by atoms with Gasteiger partial charge in [0.1, 0.15) is 10.7 Å². The Morgan fingerprint density at radius 2 is 1.94 bits per heavy atom. The maximum atomic E-state index is 13.8. The molecule has 164 valence electrons. The summed E-state index contributed by atoms with van der Waals surface area (Å²) in [6.07, 6.45) is -3.99. The minimum absolute atomic E-state index is 0.0339. The van der Waals surface area contributed by atoms with Crippen LogP contribution < -0.4 is 10.5 Å². The van der Waals surface area contributed by atoms with E-state index in [1.165, 1.54) is 18.2 Å². The molecule has 1 amide bonds. The highest BCUT2D eigenvalue weighted by Crippen LogP contribution is 2.30. The van der Waals surface area contributed by atoms with Gasteiger partial charge < -0.3 is 5.32 Å². The normalized spacial score (nSPS) is 12.1. The molecule has 0 spiro atoms. The van der Waals surface area contributed by atoms with E-state index in [9.17, 15) is 30.8 Å². The molecule has 0 aliphatic carbocycles. The lowest BCUT2D eigenvalue weighted by molar-refractivity contribution is -0.137. The van der Waals surface area contributed by atoms with Crippen LogP contribution in [0.3, 0.4) is 0 Å². The predicted molar refractivity (Wildman–Crippen MR) is 104 cm³/mol. The number of rotatable bonds is 5. The lowest BCUT2D eigenvalue weighted by Gasteiger charge is -2.12. The van der Waals surface area contributed by atoms with E-state index in [1.54, 1.807) is 0 Å². The standard InChI is InChI=1S/C18H13ClF4N4O3S/c19-13-2-1-3-14(20)12(13)7-17(28)26-11-4-5-15(16(6-11)31(24,29)30)27-9-10(8-25-27)18(21,22)23/h1-6,8-9H,7H2,(H,26,28)(H2,24,29,30). The number of primary sulfonamides is 1.